The number of esters is 2. The van der Waals surface area contributed by atoms with Gasteiger partial charge in [0.2, 0.25) is 0 Å². The normalized spacial score (nSPS) is 11.4. The number of nitrogens with one attached hydrogen (secondary N) is 2. The highest BCUT2D eigenvalue weighted by Crippen LogP contribution is 2.28. The van der Waals surface area contributed by atoms with Gasteiger partial charge in [0.1, 0.15) is 17.9 Å². The zero-order valence-corrected chi connectivity index (χ0v) is 23.0. The topological polar surface area (TPSA) is 95.1 Å². The summed E-state index contributed by atoms with van der Waals surface area (Å²) in [5.41, 5.74) is -0.314. The second-order valence-corrected chi connectivity index (χ2v) is 8.69. The Morgan fingerprint density at radius 1 is 0.595 bits per heavy atom. The highest BCUT2D eigenvalue weighted by atomic mass is 16.6. The molecule has 0 aliphatic heterocycles. The van der Waals surface area contributed by atoms with E-state index in [2.05, 4.69) is 10.6 Å². The van der Waals surface area contributed by atoms with Gasteiger partial charge >= 0.3 is 11.9 Å². The van der Waals surface area contributed by atoms with Gasteiger partial charge in [-0.05, 0) is 62.4 Å². The largest absolute Gasteiger partial charge is 0.494 e. The van der Waals surface area contributed by atoms with Crippen molar-refractivity contribution in [2.45, 2.75) is 85.1 Å². The molecule has 8 heteroatoms. The Kier molecular flexibility index (Phi) is 11.6. The minimum atomic E-state index is -0.947. The molecule has 204 valence electrons. The summed E-state index contributed by atoms with van der Waals surface area (Å²) in [5, 5.41) is 6.62. The smallest absolute Gasteiger partial charge is 0.319 e. The van der Waals surface area contributed by atoms with Crippen LogP contribution in [0.4, 0.5) is 11.4 Å². The van der Waals surface area contributed by atoms with Crippen LogP contribution >= 0.6 is 0 Å². The first-order chi connectivity index (χ1) is 17.8. The molecule has 0 radical (unpaired) electrons. The maximum absolute atomic E-state index is 12.8. The number of carbonyl (C=O) groups excluding carboxylic acids is 2. The van der Waals surface area contributed by atoms with E-state index < -0.39 is 29.8 Å². The van der Waals surface area contributed by atoms with Crippen LogP contribution in [0.25, 0.3) is 0 Å². The summed E-state index contributed by atoms with van der Waals surface area (Å²) < 4.78 is 22.6. The molecule has 0 spiro atoms. The van der Waals surface area contributed by atoms with E-state index in [1.54, 1.807) is 0 Å². The van der Waals surface area contributed by atoms with Gasteiger partial charge in [0.25, 0.3) is 0 Å². The Labute approximate surface area is 221 Å². The molecule has 0 fully saturated rings. The third kappa shape index (κ3) is 8.88. The summed E-state index contributed by atoms with van der Waals surface area (Å²) >= 11 is 0. The summed E-state index contributed by atoms with van der Waals surface area (Å²) in [6, 6.07) is 14.9. The van der Waals surface area contributed by atoms with Crippen LogP contribution in [0.5, 0.6) is 11.5 Å². The number of hydrogen-bond acceptors (Lipinski definition) is 8. The highest BCUT2D eigenvalue weighted by Gasteiger charge is 2.34. The molecular weight excluding hydrogens is 472 g/mol. The van der Waals surface area contributed by atoms with Gasteiger partial charge in [-0.15, -0.1) is 0 Å². The van der Waals surface area contributed by atoms with Gasteiger partial charge in [-0.3, -0.25) is 9.59 Å². The lowest BCUT2D eigenvalue weighted by Crippen LogP contribution is -2.44. The summed E-state index contributed by atoms with van der Waals surface area (Å²) in [5.74, 6) is 0.241. The molecule has 0 amide bonds. The molecule has 8 nitrogen and oxygen atoms in total. The lowest BCUT2D eigenvalue weighted by atomic mass is 10.1. The van der Waals surface area contributed by atoms with Crippen molar-refractivity contribution in [3.05, 3.63) is 48.5 Å². The molecule has 0 aromatic heterocycles. The van der Waals surface area contributed by atoms with E-state index in [1.807, 2.05) is 90.1 Å². The number of hydrogen-bond donors (Lipinski definition) is 2. The standard InChI is InChI=1S/C29H42N2O6/c1-7-28(8-2,30-22-13-17-24(18-14-22)34-11-5)36-26(32)21-27(33)37-29(9-3,10-4)31-23-15-19-25(20-16-23)35-12-6/h13-20,30-31H,7-12,21H2,1-6H3. The van der Waals surface area contributed by atoms with Crippen molar-refractivity contribution in [3.8, 4) is 11.5 Å². The molecule has 0 aliphatic rings. The lowest BCUT2D eigenvalue weighted by Gasteiger charge is -2.35. The Balaban J connectivity index is 2.03. The Morgan fingerprint density at radius 2 is 0.919 bits per heavy atom. The molecule has 0 aliphatic carbocycles. The molecule has 0 heterocycles. The van der Waals surface area contributed by atoms with Crippen molar-refractivity contribution >= 4 is 23.3 Å². The van der Waals surface area contributed by atoms with Gasteiger partial charge in [-0.1, -0.05) is 27.7 Å². The fourth-order valence-electron chi connectivity index (χ4n) is 3.95. The maximum Gasteiger partial charge on any atom is 0.319 e. The molecule has 0 saturated heterocycles. The quantitative estimate of drug-likeness (QED) is 0.149. The minimum Gasteiger partial charge on any atom is -0.494 e. The first kappa shape index (κ1) is 29.8. The van der Waals surface area contributed by atoms with Crippen LogP contribution < -0.4 is 20.1 Å². The summed E-state index contributed by atoms with van der Waals surface area (Å²) in [6.07, 6.45) is 1.59. The van der Waals surface area contributed by atoms with Crippen molar-refractivity contribution < 1.29 is 28.5 Å². The monoisotopic (exact) mass is 514 g/mol. The summed E-state index contributed by atoms with van der Waals surface area (Å²) in [4.78, 5) is 25.6. The van der Waals surface area contributed by atoms with Crippen LogP contribution in [0.3, 0.4) is 0 Å². The fraction of sp³-hybridized carbons (Fsp3) is 0.517. The van der Waals surface area contributed by atoms with Crippen LogP contribution in [0.15, 0.2) is 48.5 Å². The van der Waals surface area contributed by atoms with Crippen LogP contribution in [0.2, 0.25) is 0 Å². The zero-order chi connectivity index (χ0) is 27.3. The average molecular weight is 515 g/mol. The number of benzene rings is 2. The highest BCUT2D eigenvalue weighted by molar-refractivity contribution is 5.91. The van der Waals surface area contributed by atoms with E-state index in [9.17, 15) is 9.59 Å². The van der Waals surface area contributed by atoms with E-state index in [4.69, 9.17) is 18.9 Å². The van der Waals surface area contributed by atoms with Crippen molar-refractivity contribution in [1.29, 1.82) is 0 Å². The lowest BCUT2D eigenvalue weighted by molar-refractivity contribution is -0.169. The first-order valence-corrected chi connectivity index (χ1v) is 13.2. The fourth-order valence-corrected chi connectivity index (χ4v) is 3.95. The second-order valence-electron chi connectivity index (χ2n) is 8.69. The van der Waals surface area contributed by atoms with Gasteiger partial charge in [-0.2, -0.15) is 0 Å². The Hall–Kier alpha value is -3.42. The number of anilines is 2. The maximum atomic E-state index is 12.8. The van der Waals surface area contributed by atoms with Gasteiger partial charge < -0.3 is 29.6 Å². The SMILES string of the molecule is CCOc1ccc(NC(CC)(CC)OC(=O)CC(=O)OC(CC)(CC)Nc2ccc(OCC)cc2)cc1. The van der Waals surface area contributed by atoms with Crippen molar-refractivity contribution in [1.82, 2.24) is 0 Å². The van der Waals surface area contributed by atoms with Crippen molar-refractivity contribution in [3.63, 3.8) is 0 Å². The summed E-state index contributed by atoms with van der Waals surface area (Å²) in [6.45, 7) is 12.7. The van der Waals surface area contributed by atoms with E-state index in [0.717, 1.165) is 22.9 Å². The average Bonchev–Trinajstić information content (AvgIpc) is 2.90. The van der Waals surface area contributed by atoms with Crippen LogP contribution in [0.1, 0.15) is 73.6 Å². The van der Waals surface area contributed by atoms with E-state index in [0.29, 0.717) is 38.9 Å². The Morgan fingerprint density at radius 3 is 1.19 bits per heavy atom. The summed E-state index contributed by atoms with van der Waals surface area (Å²) in [7, 11) is 0. The zero-order valence-electron chi connectivity index (χ0n) is 23.0. The molecule has 0 atom stereocenters. The van der Waals surface area contributed by atoms with Gasteiger partial charge in [0.15, 0.2) is 11.4 Å². The number of carbonyl (C=O) groups is 2. The molecule has 2 aromatic carbocycles. The molecule has 0 saturated carbocycles. The third-order valence-electron chi connectivity index (χ3n) is 6.27. The second kappa shape index (κ2) is 14.4. The van der Waals surface area contributed by atoms with Gasteiger partial charge in [0.05, 0.1) is 13.2 Å². The molecular formula is C29H42N2O6. The molecule has 2 aromatic rings. The Bertz CT molecular complexity index is 887. The van der Waals surface area contributed by atoms with E-state index >= 15 is 0 Å². The first-order valence-electron chi connectivity index (χ1n) is 13.2. The molecule has 2 N–H and O–H groups in total. The minimum absolute atomic E-state index is 0.487. The van der Waals surface area contributed by atoms with E-state index in [-0.39, 0.29) is 0 Å². The predicted molar refractivity (Wildman–Crippen MR) is 146 cm³/mol. The van der Waals surface area contributed by atoms with Gasteiger partial charge in [-0.25, -0.2) is 0 Å². The van der Waals surface area contributed by atoms with E-state index in [1.165, 1.54) is 0 Å². The third-order valence-corrected chi connectivity index (χ3v) is 6.27. The molecule has 0 bridgehead atoms. The molecule has 2 rings (SSSR count). The predicted octanol–water partition coefficient (Wildman–Crippen LogP) is 6.52. The van der Waals surface area contributed by atoms with Crippen LogP contribution in [-0.2, 0) is 19.1 Å². The van der Waals surface area contributed by atoms with Crippen molar-refractivity contribution in [2.75, 3.05) is 23.8 Å². The number of rotatable bonds is 16. The van der Waals surface area contributed by atoms with Crippen LogP contribution in [0, 0.1) is 0 Å². The van der Waals surface area contributed by atoms with Crippen LogP contribution in [-0.4, -0.2) is 36.6 Å². The number of ether oxygens (including phenoxy) is 4. The van der Waals surface area contributed by atoms with Gasteiger partial charge in [0, 0.05) is 37.1 Å². The van der Waals surface area contributed by atoms with Crippen molar-refractivity contribution in [2.24, 2.45) is 0 Å². The molecule has 0 unspecified atom stereocenters. The molecule has 37 heavy (non-hydrogen) atoms.